The highest BCUT2D eigenvalue weighted by Crippen LogP contribution is 2.05. The number of rotatable bonds is 5. The van der Waals surface area contributed by atoms with Crippen molar-refractivity contribution in [1.29, 1.82) is 0 Å². The van der Waals surface area contributed by atoms with Crippen LogP contribution < -0.4 is 11.1 Å². The summed E-state index contributed by atoms with van der Waals surface area (Å²) in [5.74, 6) is -0.239. The van der Waals surface area contributed by atoms with Crippen LogP contribution in [0, 0.1) is 0 Å². The minimum absolute atomic E-state index is 0.0295. The number of amides is 1. The molecule has 0 aliphatic rings. The topological polar surface area (TPSA) is 106 Å². The number of oxime groups is 1. The molecule has 0 saturated carbocycles. The standard InChI is InChI=1S/C14H17N5O2/c1-19-8-6-12(17-19)5-7-16-14(20)11-4-2-3-10(9-11)13(15)18-21/h2-4,6,8-9,21H,5,7H2,1H3,(H2,15,18)(H,16,20). The van der Waals surface area contributed by atoms with E-state index in [4.69, 9.17) is 10.9 Å². The zero-order valence-electron chi connectivity index (χ0n) is 11.7. The third kappa shape index (κ3) is 3.82. The molecule has 4 N–H and O–H groups in total. The number of amidine groups is 1. The van der Waals surface area contributed by atoms with Gasteiger partial charge in [0.2, 0.25) is 0 Å². The summed E-state index contributed by atoms with van der Waals surface area (Å²) in [5, 5.41) is 18.6. The molecular weight excluding hydrogens is 270 g/mol. The van der Waals surface area contributed by atoms with E-state index in [1.165, 1.54) is 0 Å². The Morgan fingerprint density at radius 1 is 1.43 bits per heavy atom. The van der Waals surface area contributed by atoms with E-state index >= 15 is 0 Å². The Kier molecular flexibility index (Phi) is 4.55. The Hall–Kier alpha value is -2.83. The van der Waals surface area contributed by atoms with Crippen molar-refractivity contribution in [2.45, 2.75) is 6.42 Å². The molecular formula is C14H17N5O2. The Balaban J connectivity index is 1.94. The van der Waals surface area contributed by atoms with E-state index < -0.39 is 0 Å². The average molecular weight is 287 g/mol. The maximum atomic E-state index is 12.0. The van der Waals surface area contributed by atoms with Crippen molar-refractivity contribution in [2.75, 3.05) is 6.54 Å². The molecule has 2 aromatic rings. The van der Waals surface area contributed by atoms with Gasteiger partial charge in [-0.1, -0.05) is 17.3 Å². The number of aromatic nitrogens is 2. The molecule has 0 fully saturated rings. The van der Waals surface area contributed by atoms with Crippen LogP contribution >= 0.6 is 0 Å². The van der Waals surface area contributed by atoms with Gasteiger partial charge < -0.3 is 16.3 Å². The predicted octanol–water partition coefficient (Wildman–Crippen LogP) is 0.487. The Morgan fingerprint density at radius 3 is 2.86 bits per heavy atom. The minimum Gasteiger partial charge on any atom is -0.409 e. The van der Waals surface area contributed by atoms with Crippen molar-refractivity contribution in [3.05, 3.63) is 53.3 Å². The van der Waals surface area contributed by atoms with Gasteiger partial charge in [0.05, 0.1) is 5.69 Å². The van der Waals surface area contributed by atoms with Gasteiger partial charge in [0.25, 0.3) is 5.91 Å². The summed E-state index contributed by atoms with van der Waals surface area (Å²) < 4.78 is 1.72. The average Bonchev–Trinajstić information content (AvgIpc) is 2.92. The van der Waals surface area contributed by atoms with Crippen LogP contribution in [0.1, 0.15) is 21.6 Å². The van der Waals surface area contributed by atoms with E-state index in [2.05, 4.69) is 15.6 Å². The summed E-state index contributed by atoms with van der Waals surface area (Å²) in [4.78, 5) is 12.0. The summed E-state index contributed by atoms with van der Waals surface area (Å²) in [6.45, 7) is 0.490. The van der Waals surface area contributed by atoms with Gasteiger partial charge in [-0.05, 0) is 18.2 Å². The van der Waals surface area contributed by atoms with E-state index in [0.717, 1.165) is 5.69 Å². The molecule has 1 aromatic heterocycles. The summed E-state index contributed by atoms with van der Waals surface area (Å²) in [6.07, 6.45) is 2.52. The highest BCUT2D eigenvalue weighted by atomic mass is 16.4. The molecule has 2 rings (SSSR count). The summed E-state index contributed by atoms with van der Waals surface area (Å²) in [6, 6.07) is 8.50. The van der Waals surface area contributed by atoms with Crippen molar-refractivity contribution in [2.24, 2.45) is 17.9 Å². The summed E-state index contributed by atoms with van der Waals surface area (Å²) in [5.41, 5.74) is 7.37. The molecule has 0 radical (unpaired) electrons. The van der Waals surface area contributed by atoms with E-state index in [0.29, 0.717) is 24.1 Å². The number of aryl methyl sites for hydroxylation is 1. The molecule has 0 spiro atoms. The highest BCUT2D eigenvalue weighted by molar-refractivity contribution is 6.01. The number of carbonyl (C=O) groups is 1. The van der Waals surface area contributed by atoms with Gasteiger partial charge in [-0.25, -0.2) is 0 Å². The summed E-state index contributed by atoms with van der Waals surface area (Å²) in [7, 11) is 1.85. The maximum Gasteiger partial charge on any atom is 0.251 e. The molecule has 110 valence electrons. The number of nitrogens with two attached hydrogens (primary N) is 1. The largest absolute Gasteiger partial charge is 0.409 e. The zero-order valence-corrected chi connectivity index (χ0v) is 11.7. The normalized spacial score (nSPS) is 11.4. The fraction of sp³-hybridized carbons (Fsp3) is 0.214. The molecule has 0 bridgehead atoms. The minimum atomic E-state index is -0.210. The Morgan fingerprint density at radius 2 is 2.19 bits per heavy atom. The Labute approximate surface area is 122 Å². The smallest absolute Gasteiger partial charge is 0.251 e. The lowest BCUT2D eigenvalue weighted by molar-refractivity contribution is 0.0954. The van der Waals surface area contributed by atoms with Crippen molar-refractivity contribution < 1.29 is 10.0 Å². The van der Waals surface area contributed by atoms with E-state index in [9.17, 15) is 4.79 Å². The van der Waals surface area contributed by atoms with Crippen LogP contribution in [-0.2, 0) is 13.5 Å². The molecule has 7 nitrogen and oxygen atoms in total. The van der Waals surface area contributed by atoms with E-state index in [1.807, 2.05) is 19.3 Å². The number of hydrogen-bond donors (Lipinski definition) is 3. The van der Waals surface area contributed by atoms with Crippen molar-refractivity contribution in [1.82, 2.24) is 15.1 Å². The van der Waals surface area contributed by atoms with Crippen LogP contribution in [0.3, 0.4) is 0 Å². The predicted molar refractivity (Wildman–Crippen MR) is 78.2 cm³/mol. The lowest BCUT2D eigenvalue weighted by Gasteiger charge is -2.06. The first kappa shape index (κ1) is 14.6. The molecule has 1 amide bonds. The third-order valence-corrected chi connectivity index (χ3v) is 2.96. The SMILES string of the molecule is Cn1ccc(CCNC(=O)c2cccc(/C(N)=N/O)c2)n1. The van der Waals surface area contributed by atoms with Crippen LogP contribution in [-0.4, -0.2) is 33.3 Å². The molecule has 1 heterocycles. The second-order valence-electron chi connectivity index (χ2n) is 4.55. The molecule has 0 aliphatic heterocycles. The third-order valence-electron chi connectivity index (χ3n) is 2.96. The highest BCUT2D eigenvalue weighted by Gasteiger charge is 2.08. The van der Waals surface area contributed by atoms with Crippen LogP contribution in [0.25, 0.3) is 0 Å². The van der Waals surface area contributed by atoms with Gasteiger partial charge in [-0.3, -0.25) is 9.48 Å². The molecule has 1 aromatic carbocycles. The fourth-order valence-corrected chi connectivity index (χ4v) is 1.88. The van der Waals surface area contributed by atoms with Crippen molar-refractivity contribution >= 4 is 11.7 Å². The molecule has 0 unspecified atom stereocenters. The first-order valence-electron chi connectivity index (χ1n) is 6.45. The second-order valence-corrected chi connectivity index (χ2v) is 4.55. The molecule has 0 aliphatic carbocycles. The monoisotopic (exact) mass is 287 g/mol. The van der Waals surface area contributed by atoms with Gasteiger partial charge in [-0.2, -0.15) is 5.10 Å². The number of carbonyl (C=O) groups excluding carboxylic acids is 1. The van der Waals surface area contributed by atoms with Gasteiger partial charge in [-0.15, -0.1) is 0 Å². The van der Waals surface area contributed by atoms with Crippen molar-refractivity contribution in [3.63, 3.8) is 0 Å². The second kappa shape index (κ2) is 6.56. The summed E-state index contributed by atoms with van der Waals surface area (Å²) >= 11 is 0. The van der Waals surface area contributed by atoms with Crippen molar-refractivity contribution in [3.8, 4) is 0 Å². The van der Waals surface area contributed by atoms with E-state index in [1.54, 1.807) is 28.9 Å². The first-order chi connectivity index (χ1) is 10.1. The van der Waals surface area contributed by atoms with Crippen LogP contribution in [0.5, 0.6) is 0 Å². The number of nitrogens with one attached hydrogen (secondary N) is 1. The number of hydrogen-bond acceptors (Lipinski definition) is 4. The van der Waals surface area contributed by atoms with Crippen LogP contribution in [0.4, 0.5) is 0 Å². The van der Waals surface area contributed by atoms with Crippen LogP contribution in [0.2, 0.25) is 0 Å². The zero-order chi connectivity index (χ0) is 15.2. The number of nitrogens with zero attached hydrogens (tertiary/aromatic N) is 3. The Bertz CT molecular complexity index is 663. The van der Waals surface area contributed by atoms with Crippen LogP contribution in [0.15, 0.2) is 41.7 Å². The van der Waals surface area contributed by atoms with Gasteiger partial charge >= 0.3 is 0 Å². The fourth-order valence-electron chi connectivity index (χ4n) is 1.88. The maximum absolute atomic E-state index is 12.0. The molecule has 0 saturated heterocycles. The molecule has 21 heavy (non-hydrogen) atoms. The quantitative estimate of drug-likeness (QED) is 0.322. The first-order valence-corrected chi connectivity index (χ1v) is 6.45. The van der Waals surface area contributed by atoms with Gasteiger partial charge in [0.15, 0.2) is 5.84 Å². The molecule has 0 atom stereocenters. The van der Waals surface area contributed by atoms with Gasteiger partial charge in [0.1, 0.15) is 0 Å². The number of benzene rings is 1. The lowest BCUT2D eigenvalue weighted by atomic mass is 10.1. The van der Waals surface area contributed by atoms with E-state index in [-0.39, 0.29) is 11.7 Å². The lowest BCUT2D eigenvalue weighted by Crippen LogP contribution is -2.26. The van der Waals surface area contributed by atoms with Gasteiger partial charge in [0, 0.05) is 37.3 Å². The molecule has 7 heteroatoms.